The Morgan fingerprint density at radius 1 is 1.43 bits per heavy atom. The van der Waals surface area contributed by atoms with E-state index < -0.39 is 0 Å². The van der Waals surface area contributed by atoms with Crippen LogP contribution in [0.1, 0.15) is 25.7 Å². The summed E-state index contributed by atoms with van der Waals surface area (Å²) in [7, 11) is 0. The summed E-state index contributed by atoms with van der Waals surface area (Å²) in [4.78, 5) is 13.7. The molecule has 0 N–H and O–H groups in total. The summed E-state index contributed by atoms with van der Waals surface area (Å²) < 4.78 is 5.65. The second-order valence-corrected chi connectivity index (χ2v) is 4.31. The molecule has 0 spiro atoms. The number of hydrogen-bond donors (Lipinski definition) is 0. The monoisotopic (exact) mass is 193 g/mol. The first-order valence-corrected chi connectivity index (χ1v) is 5.47. The molecule has 3 nitrogen and oxygen atoms in total. The molecule has 0 unspecified atom stereocenters. The Balaban J connectivity index is 1.92. The Bertz CT molecular complexity index is 298. The van der Waals surface area contributed by atoms with E-state index in [0.717, 1.165) is 38.8 Å². The van der Waals surface area contributed by atoms with E-state index in [2.05, 4.69) is 11.0 Å². The van der Waals surface area contributed by atoms with Gasteiger partial charge in [-0.15, -0.1) is 0 Å². The fraction of sp³-hybridized carbons (Fsp3) is 0.727. The Labute approximate surface area is 83.7 Å². The maximum absolute atomic E-state index is 11.6. The lowest BCUT2D eigenvalue weighted by Crippen LogP contribution is -2.34. The maximum atomic E-state index is 11.6. The molecular formula is C11H15NO2. The molecule has 0 saturated carbocycles. The summed E-state index contributed by atoms with van der Waals surface area (Å²) in [5.41, 5.74) is 1.38. The highest BCUT2D eigenvalue weighted by atomic mass is 16.5. The van der Waals surface area contributed by atoms with Gasteiger partial charge in [0.2, 0.25) is 5.91 Å². The molecule has 14 heavy (non-hydrogen) atoms. The third kappa shape index (κ3) is 1.12. The minimum atomic E-state index is 0.316. The van der Waals surface area contributed by atoms with Gasteiger partial charge >= 0.3 is 0 Å². The summed E-state index contributed by atoms with van der Waals surface area (Å²) in [6.07, 6.45) is 6.41. The largest absolute Gasteiger partial charge is 0.370 e. The topological polar surface area (TPSA) is 29.5 Å². The number of carbonyl (C=O) groups is 1. The molecule has 2 atom stereocenters. The van der Waals surface area contributed by atoms with Gasteiger partial charge in [0.15, 0.2) is 0 Å². The Hall–Kier alpha value is -0.830. The standard InChI is InChI=1S/C11H15NO2/c13-11-4-3-9-8-5-7-14-10(8)2-1-6-12(9)11/h5,9-10H,1-4,6-7H2/t9-,10-/m0/s1. The van der Waals surface area contributed by atoms with E-state index in [0.29, 0.717) is 18.1 Å². The van der Waals surface area contributed by atoms with Crippen molar-refractivity contribution < 1.29 is 9.53 Å². The molecule has 0 aliphatic carbocycles. The highest BCUT2D eigenvalue weighted by molar-refractivity contribution is 5.79. The van der Waals surface area contributed by atoms with E-state index >= 15 is 0 Å². The first-order chi connectivity index (χ1) is 6.86. The average Bonchev–Trinajstić information content (AvgIpc) is 2.72. The van der Waals surface area contributed by atoms with E-state index in [1.54, 1.807) is 0 Å². The second-order valence-electron chi connectivity index (χ2n) is 4.31. The van der Waals surface area contributed by atoms with Gasteiger partial charge in [0.1, 0.15) is 0 Å². The van der Waals surface area contributed by atoms with Crippen LogP contribution < -0.4 is 0 Å². The molecule has 76 valence electrons. The summed E-state index contributed by atoms with van der Waals surface area (Å²) in [6.45, 7) is 1.68. The average molecular weight is 193 g/mol. The first kappa shape index (κ1) is 8.48. The van der Waals surface area contributed by atoms with Gasteiger partial charge in [0.05, 0.1) is 18.8 Å². The molecule has 3 aliphatic heterocycles. The van der Waals surface area contributed by atoms with Crippen LogP contribution in [0.2, 0.25) is 0 Å². The molecule has 3 rings (SSSR count). The number of carbonyl (C=O) groups excluding carboxylic acids is 1. The van der Waals surface area contributed by atoms with Gasteiger partial charge in [-0.05, 0) is 24.8 Å². The van der Waals surface area contributed by atoms with Crippen molar-refractivity contribution in [3.05, 3.63) is 11.6 Å². The van der Waals surface area contributed by atoms with E-state index in [1.165, 1.54) is 5.57 Å². The molecule has 0 aromatic carbocycles. The van der Waals surface area contributed by atoms with Crippen molar-refractivity contribution in [1.29, 1.82) is 0 Å². The van der Waals surface area contributed by atoms with Gasteiger partial charge in [-0.2, -0.15) is 0 Å². The zero-order valence-electron chi connectivity index (χ0n) is 8.24. The van der Waals surface area contributed by atoms with Crippen molar-refractivity contribution in [2.45, 2.75) is 37.8 Å². The Morgan fingerprint density at radius 2 is 2.36 bits per heavy atom. The van der Waals surface area contributed by atoms with Crippen LogP contribution in [0.15, 0.2) is 11.6 Å². The fourth-order valence-electron chi connectivity index (χ4n) is 2.90. The third-order valence-corrected chi connectivity index (χ3v) is 3.57. The summed E-state index contributed by atoms with van der Waals surface area (Å²) in [6, 6.07) is 0.373. The summed E-state index contributed by atoms with van der Waals surface area (Å²) in [5.74, 6) is 0.337. The molecule has 3 heteroatoms. The zero-order valence-corrected chi connectivity index (χ0v) is 8.24. The fourth-order valence-corrected chi connectivity index (χ4v) is 2.90. The highest BCUT2D eigenvalue weighted by Crippen LogP contribution is 2.34. The van der Waals surface area contributed by atoms with Crippen molar-refractivity contribution >= 4 is 5.91 Å². The molecule has 2 fully saturated rings. The lowest BCUT2D eigenvalue weighted by molar-refractivity contribution is -0.128. The van der Waals surface area contributed by atoms with Crippen molar-refractivity contribution in [2.75, 3.05) is 13.2 Å². The molecule has 0 radical (unpaired) electrons. The third-order valence-electron chi connectivity index (χ3n) is 3.57. The van der Waals surface area contributed by atoms with Crippen LogP contribution in [0.25, 0.3) is 0 Å². The maximum Gasteiger partial charge on any atom is 0.223 e. The van der Waals surface area contributed by atoms with Gasteiger partial charge in [-0.25, -0.2) is 0 Å². The van der Waals surface area contributed by atoms with Crippen LogP contribution in [0.3, 0.4) is 0 Å². The van der Waals surface area contributed by atoms with Crippen molar-refractivity contribution in [1.82, 2.24) is 4.90 Å². The van der Waals surface area contributed by atoms with Gasteiger partial charge in [-0.1, -0.05) is 6.08 Å². The Morgan fingerprint density at radius 3 is 3.29 bits per heavy atom. The molecule has 3 heterocycles. The number of hydrogen-bond acceptors (Lipinski definition) is 2. The predicted molar refractivity (Wildman–Crippen MR) is 51.8 cm³/mol. The van der Waals surface area contributed by atoms with E-state index in [9.17, 15) is 4.79 Å². The number of fused-ring (bicyclic) bond motifs is 3. The van der Waals surface area contributed by atoms with Crippen LogP contribution >= 0.6 is 0 Å². The molecule has 0 aromatic heterocycles. The first-order valence-electron chi connectivity index (χ1n) is 5.47. The number of rotatable bonds is 0. The Kier molecular flexibility index (Phi) is 1.87. The van der Waals surface area contributed by atoms with Crippen LogP contribution in [0.5, 0.6) is 0 Å². The molecule has 0 bridgehead atoms. The summed E-state index contributed by atoms with van der Waals surface area (Å²) in [5, 5.41) is 0. The smallest absolute Gasteiger partial charge is 0.223 e. The van der Waals surface area contributed by atoms with Crippen LogP contribution in [0.4, 0.5) is 0 Å². The van der Waals surface area contributed by atoms with Crippen LogP contribution in [0, 0.1) is 0 Å². The van der Waals surface area contributed by atoms with Crippen LogP contribution in [-0.2, 0) is 9.53 Å². The molecular weight excluding hydrogens is 178 g/mol. The molecule has 0 aromatic rings. The van der Waals surface area contributed by atoms with E-state index in [1.807, 2.05) is 0 Å². The number of amides is 1. The normalized spacial score (nSPS) is 36.4. The molecule has 2 saturated heterocycles. The number of nitrogens with zero attached hydrogens (tertiary/aromatic N) is 1. The predicted octanol–water partition coefficient (Wildman–Crippen LogP) is 1.10. The zero-order chi connectivity index (χ0) is 9.54. The van der Waals surface area contributed by atoms with Gasteiger partial charge in [-0.3, -0.25) is 4.79 Å². The number of ether oxygens (including phenoxy) is 1. The van der Waals surface area contributed by atoms with Crippen molar-refractivity contribution in [3.63, 3.8) is 0 Å². The molecule has 1 amide bonds. The van der Waals surface area contributed by atoms with E-state index in [-0.39, 0.29) is 0 Å². The SMILES string of the molecule is O=C1CC[C@H]2C3=CCO[C@H]3CCCN12. The lowest BCUT2D eigenvalue weighted by atomic mass is 9.99. The second kappa shape index (κ2) is 3.09. The van der Waals surface area contributed by atoms with Crippen molar-refractivity contribution in [3.8, 4) is 0 Å². The summed E-state index contributed by atoms with van der Waals surface area (Å²) >= 11 is 0. The minimum absolute atomic E-state index is 0.316. The van der Waals surface area contributed by atoms with Gasteiger partial charge in [0, 0.05) is 13.0 Å². The van der Waals surface area contributed by atoms with Gasteiger partial charge in [0.25, 0.3) is 0 Å². The highest BCUT2D eigenvalue weighted by Gasteiger charge is 2.39. The lowest BCUT2D eigenvalue weighted by Gasteiger charge is -2.23. The quantitative estimate of drug-likeness (QED) is 0.539. The van der Waals surface area contributed by atoms with Crippen molar-refractivity contribution in [2.24, 2.45) is 0 Å². The van der Waals surface area contributed by atoms with Gasteiger partial charge < -0.3 is 9.64 Å². The van der Waals surface area contributed by atoms with Crippen LogP contribution in [-0.4, -0.2) is 36.1 Å². The molecule has 3 aliphatic rings. The van der Waals surface area contributed by atoms with E-state index in [4.69, 9.17) is 4.74 Å². The minimum Gasteiger partial charge on any atom is -0.370 e.